The standard InChI is InChI=1S/C21H17BrFN3O2/c1-3-28-21(27)19-20-12(2)25-18(14-6-4-5-7-16(14)23)15-10-13(22)8-9-17(15)26(20)11-24-19/h4-12H,3H2,1-2H3. The van der Waals surface area contributed by atoms with Gasteiger partial charge in [-0.15, -0.1) is 0 Å². The van der Waals surface area contributed by atoms with Gasteiger partial charge in [0.15, 0.2) is 5.69 Å². The molecule has 4 rings (SSSR count). The fourth-order valence-corrected chi connectivity index (χ4v) is 3.77. The number of carbonyl (C=O) groups excluding carboxylic acids is 1. The van der Waals surface area contributed by atoms with E-state index in [-0.39, 0.29) is 18.1 Å². The minimum absolute atomic E-state index is 0.224. The van der Waals surface area contributed by atoms with Crippen LogP contribution in [-0.2, 0) is 4.74 Å². The summed E-state index contributed by atoms with van der Waals surface area (Å²) in [6, 6.07) is 11.8. The summed E-state index contributed by atoms with van der Waals surface area (Å²) < 4.78 is 22.4. The SMILES string of the molecule is CCOC(=O)c1ncn2c1C(C)N=C(c1ccccc1F)c1cc(Br)ccc1-2. The quantitative estimate of drug-likeness (QED) is 0.545. The van der Waals surface area contributed by atoms with Gasteiger partial charge >= 0.3 is 5.97 Å². The van der Waals surface area contributed by atoms with E-state index in [9.17, 15) is 9.18 Å². The Morgan fingerprint density at radius 1 is 1.25 bits per heavy atom. The number of hydrogen-bond donors (Lipinski definition) is 0. The van der Waals surface area contributed by atoms with Crippen molar-refractivity contribution >= 4 is 27.6 Å². The van der Waals surface area contributed by atoms with Crippen molar-refractivity contribution in [3.63, 3.8) is 0 Å². The van der Waals surface area contributed by atoms with E-state index in [1.165, 1.54) is 6.07 Å². The van der Waals surface area contributed by atoms with Crippen LogP contribution in [0.3, 0.4) is 0 Å². The summed E-state index contributed by atoms with van der Waals surface area (Å²) in [4.78, 5) is 21.5. The number of carbonyl (C=O) groups is 1. The van der Waals surface area contributed by atoms with Gasteiger partial charge in [0.25, 0.3) is 0 Å². The summed E-state index contributed by atoms with van der Waals surface area (Å²) in [6.07, 6.45) is 1.59. The third-order valence-corrected chi connectivity index (χ3v) is 5.09. The average Bonchev–Trinajstić information content (AvgIpc) is 3.07. The smallest absolute Gasteiger partial charge is 0.358 e. The van der Waals surface area contributed by atoms with E-state index in [1.807, 2.05) is 29.7 Å². The minimum Gasteiger partial charge on any atom is -0.461 e. The number of ether oxygens (including phenoxy) is 1. The number of fused-ring (bicyclic) bond motifs is 3. The fourth-order valence-electron chi connectivity index (χ4n) is 3.41. The Bertz CT molecular complexity index is 1110. The van der Waals surface area contributed by atoms with Crippen LogP contribution in [0, 0.1) is 5.82 Å². The number of benzene rings is 2. The van der Waals surface area contributed by atoms with Crippen LogP contribution < -0.4 is 0 Å². The molecule has 1 unspecified atom stereocenters. The third-order valence-electron chi connectivity index (χ3n) is 4.59. The summed E-state index contributed by atoms with van der Waals surface area (Å²) in [5, 5.41) is 0. The second-order valence-electron chi connectivity index (χ2n) is 6.36. The van der Waals surface area contributed by atoms with E-state index >= 15 is 0 Å². The van der Waals surface area contributed by atoms with Gasteiger partial charge in [0, 0.05) is 15.6 Å². The number of nitrogens with zero attached hydrogens (tertiary/aromatic N) is 3. The molecule has 0 aliphatic carbocycles. The zero-order valence-electron chi connectivity index (χ0n) is 15.3. The topological polar surface area (TPSA) is 56.5 Å². The number of aliphatic imine (C=N–C) groups is 1. The van der Waals surface area contributed by atoms with Crippen molar-refractivity contribution in [2.75, 3.05) is 6.61 Å². The highest BCUT2D eigenvalue weighted by Crippen LogP contribution is 2.34. The van der Waals surface area contributed by atoms with E-state index in [4.69, 9.17) is 9.73 Å². The molecule has 0 saturated heterocycles. The Kier molecular flexibility index (Phi) is 4.85. The summed E-state index contributed by atoms with van der Waals surface area (Å²) in [6.45, 7) is 3.86. The molecule has 3 aromatic rings. The number of imidazole rings is 1. The molecule has 1 atom stereocenters. The molecule has 0 spiro atoms. The molecule has 7 heteroatoms. The predicted molar refractivity (Wildman–Crippen MR) is 108 cm³/mol. The lowest BCUT2D eigenvalue weighted by Crippen LogP contribution is -2.11. The van der Waals surface area contributed by atoms with Crippen LogP contribution >= 0.6 is 15.9 Å². The van der Waals surface area contributed by atoms with Crippen molar-refractivity contribution in [3.05, 3.63) is 81.6 Å². The van der Waals surface area contributed by atoms with Crippen LogP contribution in [0.15, 0.2) is 58.3 Å². The molecular weight excluding hydrogens is 425 g/mol. The molecular formula is C21H17BrFN3O2. The molecule has 0 radical (unpaired) electrons. The van der Waals surface area contributed by atoms with Crippen molar-refractivity contribution in [2.24, 2.45) is 4.99 Å². The van der Waals surface area contributed by atoms with Gasteiger partial charge < -0.3 is 4.74 Å². The molecule has 142 valence electrons. The Morgan fingerprint density at radius 3 is 2.79 bits per heavy atom. The summed E-state index contributed by atoms with van der Waals surface area (Å²) in [7, 11) is 0. The molecule has 2 aromatic carbocycles. The molecule has 0 amide bonds. The van der Waals surface area contributed by atoms with Gasteiger partial charge in [-0.1, -0.05) is 28.1 Å². The van der Waals surface area contributed by atoms with Crippen LogP contribution in [-0.4, -0.2) is 27.8 Å². The largest absolute Gasteiger partial charge is 0.461 e. The lowest BCUT2D eigenvalue weighted by atomic mass is 10.00. The van der Waals surface area contributed by atoms with Crippen molar-refractivity contribution in [2.45, 2.75) is 19.9 Å². The maximum Gasteiger partial charge on any atom is 0.358 e. The Balaban J connectivity index is 2.00. The van der Waals surface area contributed by atoms with Crippen LogP contribution in [0.4, 0.5) is 4.39 Å². The molecule has 1 aliphatic heterocycles. The highest BCUT2D eigenvalue weighted by molar-refractivity contribution is 9.10. The number of halogens is 2. The highest BCUT2D eigenvalue weighted by atomic mass is 79.9. The lowest BCUT2D eigenvalue weighted by molar-refractivity contribution is 0.0518. The van der Waals surface area contributed by atoms with E-state index in [1.54, 1.807) is 31.5 Å². The minimum atomic E-state index is -0.494. The van der Waals surface area contributed by atoms with E-state index < -0.39 is 12.0 Å². The molecule has 2 heterocycles. The van der Waals surface area contributed by atoms with Gasteiger partial charge in [-0.3, -0.25) is 9.56 Å². The van der Waals surface area contributed by atoms with Crippen molar-refractivity contribution in [1.82, 2.24) is 9.55 Å². The van der Waals surface area contributed by atoms with Crippen LogP contribution in [0.25, 0.3) is 5.69 Å². The van der Waals surface area contributed by atoms with Crippen LogP contribution in [0.2, 0.25) is 0 Å². The Morgan fingerprint density at radius 2 is 2.04 bits per heavy atom. The average molecular weight is 442 g/mol. The first kappa shape index (κ1) is 18.6. The molecule has 1 aliphatic rings. The first-order valence-corrected chi connectivity index (χ1v) is 9.68. The van der Waals surface area contributed by atoms with Crippen LogP contribution in [0.1, 0.15) is 47.2 Å². The molecule has 0 saturated carbocycles. The summed E-state index contributed by atoms with van der Waals surface area (Å²) in [5.74, 6) is -0.846. The number of aromatic nitrogens is 2. The van der Waals surface area contributed by atoms with Gasteiger partial charge in [0.05, 0.1) is 29.7 Å². The monoisotopic (exact) mass is 441 g/mol. The molecule has 0 fully saturated rings. The third kappa shape index (κ3) is 3.05. The number of esters is 1. The highest BCUT2D eigenvalue weighted by Gasteiger charge is 2.29. The maximum atomic E-state index is 14.6. The van der Waals surface area contributed by atoms with Gasteiger partial charge in [0.1, 0.15) is 12.1 Å². The molecule has 5 nitrogen and oxygen atoms in total. The molecule has 0 bridgehead atoms. The lowest BCUT2D eigenvalue weighted by Gasteiger charge is -2.12. The van der Waals surface area contributed by atoms with E-state index in [2.05, 4.69) is 20.9 Å². The zero-order chi connectivity index (χ0) is 19.8. The zero-order valence-corrected chi connectivity index (χ0v) is 16.9. The van der Waals surface area contributed by atoms with Crippen molar-refractivity contribution in [1.29, 1.82) is 0 Å². The van der Waals surface area contributed by atoms with Gasteiger partial charge in [0.2, 0.25) is 0 Å². The van der Waals surface area contributed by atoms with Gasteiger partial charge in [-0.2, -0.15) is 0 Å². The molecule has 0 N–H and O–H groups in total. The first-order valence-electron chi connectivity index (χ1n) is 8.88. The number of hydrogen-bond acceptors (Lipinski definition) is 4. The van der Waals surface area contributed by atoms with Crippen molar-refractivity contribution < 1.29 is 13.9 Å². The maximum absolute atomic E-state index is 14.6. The summed E-state index contributed by atoms with van der Waals surface area (Å²) in [5.41, 5.74) is 3.30. The van der Waals surface area contributed by atoms with Crippen LogP contribution in [0.5, 0.6) is 0 Å². The molecule has 1 aromatic heterocycles. The fraction of sp³-hybridized carbons (Fsp3) is 0.190. The summed E-state index contributed by atoms with van der Waals surface area (Å²) >= 11 is 3.49. The normalized spacial score (nSPS) is 15.3. The first-order chi connectivity index (χ1) is 13.5. The Labute approximate surface area is 170 Å². The van der Waals surface area contributed by atoms with Gasteiger partial charge in [-0.25, -0.2) is 14.2 Å². The Hall–Kier alpha value is -2.80. The van der Waals surface area contributed by atoms with E-state index in [0.29, 0.717) is 17.0 Å². The van der Waals surface area contributed by atoms with Crippen molar-refractivity contribution in [3.8, 4) is 5.69 Å². The second kappa shape index (κ2) is 7.31. The molecule has 28 heavy (non-hydrogen) atoms. The number of rotatable bonds is 3. The second-order valence-corrected chi connectivity index (χ2v) is 7.28. The predicted octanol–water partition coefficient (Wildman–Crippen LogP) is 4.86. The van der Waals surface area contributed by atoms with Gasteiger partial charge in [-0.05, 0) is 44.2 Å². The van der Waals surface area contributed by atoms with E-state index in [0.717, 1.165) is 15.7 Å².